The second-order valence-corrected chi connectivity index (χ2v) is 4.30. The van der Waals surface area contributed by atoms with E-state index in [0.29, 0.717) is 12.5 Å². The highest BCUT2D eigenvalue weighted by Crippen LogP contribution is 2.31. The van der Waals surface area contributed by atoms with Crippen LogP contribution in [0, 0.1) is 35.4 Å². The van der Waals surface area contributed by atoms with Gasteiger partial charge in [0.25, 0.3) is 0 Å². The molecule has 0 N–H and O–H groups in total. The lowest BCUT2D eigenvalue weighted by molar-refractivity contribution is 0.622. The molecule has 1 saturated carbocycles. The number of terminal acetylenes is 1. The maximum absolute atomic E-state index is 13.5. The largest absolute Gasteiger partial charge is 0.360 e. The summed E-state index contributed by atoms with van der Waals surface area (Å²) in [6.07, 6.45) is 7.76. The van der Waals surface area contributed by atoms with E-state index in [1.807, 2.05) is 11.0 Å². The van der Waals surface area contributed by atoms with Crippen LogP contribution in [0.25, 0.3) is 0 Å². The van der Waals surface area contributed by atoms with E-state index >= 15 is 0 Å². The van der Waals surface area contributed by atoms with Gasteiger partial charge in [-0.05, 0) is 37.0 Å². The SMILES string of the molecule is C#CCN(CC1CC1)c1ccc(C#N)c(F)c1. The Bertz CT molecular complexity index is 492. The molecule has 86 valence electrons. The highest BCUT2D eigenvalue weighted by Gasteiger charge is 2.24. The average Bonchev–Trinajstić information content (AvgIpc) is 3.12. The molecule has 1 aliphatic carbocycles. The second kappa shape index (κ2) is 4.89. The zero-order chi connectivity index (χ0) is 12.3. The zero-order valence-electron chi connectivity index (χ0n) is 9.49. The molecule has 1 fully saturated rings. The lowest BCUT2D eigenvalue weighted by atomic mass is 10.2. The Morgan fingerprint density at radius 3 is 2.76 bits per heavy atom. The third-order valence-electron chi connectivity index (χ3n) is 2.90. The fourth-order valence-electron chi connectivity index (χ4n) is 1.77. The van der Waals surface area contributed by atoms with E-state index in [2.05, 4.69) is 5.92 Å². The molecule has 0 bridgehead atoms. The van der Waals surface area contributed by atoms with Gasteiger partial charge in [-0.1, -0.05) is 5.92 Å². The van der Waals surface area contributed by atoms with Gasteiger partial charge >= 0.3 is 0 Å². The molecule has 0 aromatic heterocycles. The molecule has 0 heterocycles. The summed E-state index contributed by atoms with van der Waals surface area (Å²) in [4.78, 5) is 1.99. The first-order valence-corrected chi connectivity index (χ1v) is 5.62. The minimum absolute atomic E-state index is 0.0702. The second-order valence-electron chi connectivity index (χ2n) is 4.30. The average molecular weight is 228 g/mol. The van der Waals surface area contributed by atoms with Crippen molar-refractivity contribution >= 4 is 5.69 Å². The molecular weight excluding hydrogens is 215 g/mol. The molecule has 1 aromatic carbocycles. The molecule has 0 saturated heterocycles. The molecule has 0 amide bonds. The maximum Gasteiger partial charge on any atom is 0.143 e. The van der Waals surface area contributed by atoms with Crippen LogP contribution >= 0.6 is 0 Å². The summed E-state index contributed by atoms with van der Waals surface area (Å²) in [6.45, 7) is 1.34. The Labute approximate surface area is 101 Å². The predicted octanol–water partition coefficient (Wildman–Crippen LogP) is 2.55. The van der Waals surface area contributed by atoms with E-state index in [1.54, 1.807) is 6.07 Å². The van der Waals surface area contributed by atoms with Crippen molar-refractivity contribution in [3.8, 4) is 18.4 Å². The summed E-state index contributed by atoms with van der Waals surface area (Å²) in [5.41, 5.74) is 0.826. The monoisotopic (exact) mass is 228 g/mol. The van der Waals surface area contributed by atoms with E-state index < -0.39 is 5.82 Å². The summed E-state index contributed by atoms with van der Waals surface area (Å²) >= 11 is 0. The van der Waals surface area contributed by atoms with Crippen LogP contribution in [0.2, 0.25) is 0 Å². The van der Waals surface area contributed by atoms with Gasteiger partial charge in [0.15, 0.2) is 0 Å². The molecule has 2 rings (SSSR count). The van der Waals surface area contributed by atoms with Crippen LogP contribution in [-0.2, 0) is 0 Å². The first kappa shape index (κ1) is 11.5. The van der Waals surface area contributed by atoms with Crippen LogP contribution in [0.4, 0.5) is 10.1 Å². The molecular formula is C14H13FN2. The molecule has 0 aliphatic heterocycles. The summed E-state index contributed by atoms with van der Waals surface area (Å²) in [5, 5.41) is 8.67. The van der Waals surface area contributed by atoms with Gasteiger partial charge in [-0.3, -0.25) is 0 Å². The third-order valence-corrected chi connectivity index (χ3v) is 2.90. The number of anilines is 1. The van der Waals surface area contributed by atoms with Crippen molar-refractivity contribution < 1.29 is 4.39 Å². The number of nitriles is 1. The van der Waals surface area contributed by atoms with E-state index in [-0.39, 0.29) is 5.56 Å². The van der Waals surface area contributed by atoms with Crippen LogP contribution in [0.3, 0.4) is 0 Å². The zero-order valence-corrected chi connectivity index (χ0v) is 9.49. The molecule has 0 spiro atoms. The maximum atomic E-state index is 13.5. The van der Waals surface area contributed by atoms with Gasteiger partial charge in [-0.15, -0.1) is 6.42 Å². The number of benzene rings is 1. The van der Waals surface area contributed by atoms with Gasteiger partial charge in [-0.2, -0.15) is 5.26 Å². The van der Waals surface area contributed by atoms with E-state index in [4.69, 9.17) is 11.7 Å². The standard InChI is InChI=1S/C14H13FN2/c1-2-7-17(10-11-3-4-11)13-6-5-12(9-16)14(15)8-13/h1,5-6,8,11H,3-4,7,10H2. The topological polar surface area (TPSA) is 27.0 Å². The Hall–Kier alpha value is -2.00. The van der Waals surface area contributed by atoms with Crippen molar-refractivity contribution in [1.82, 2.24) is 0 Å². The van der Waals surface area contributed by atoms with Crippen LogP contribution in [0.5, 0.6) is 0 Å². The number of nitrogens with zero attached hydrogens (tertiary/aromatic N) is 2. The van der Waals surface area contributed by atoms with Gasteiger partial charge in [0.2, 0.25) is 0 Å². The van der Waals surface area contributed by atoms with Crippen molar-refractivity contribution in [2.45, 2.75) is 12.8 Å². The van der Waals surface area contributed by atoms with Crippen molar-refractivity contribution in [1.29, 1.82) is 5.26 Å². The van der Waals surface area contributed by atoms with Crippen LogP contribution in [-0.4, -0.2) is 13.1 Å². The molecule has 3 heteroatoms. The first-order chi connectivity index (χ1) is 8.24. The lowest BCUT2D eigenvalue weighted by Gasteiger charge is -2.22. The van der Waals surface area contributed by atoms with Crippen LogP contribution < -0.4 is 4.90 Å². The molecule has 0 atom stereocenters. The Morgan fingerprint density at radius 1 is 1.47 bits per heavy atom. The molecule has 1 aliphatic rings. The van der Waals surface area contributed by atoms with Crippen molar-refractivity contribution in [2.24, 2.45) is 5.92 Å². The smallest absolute Gasteiger partial charge is 0.143 e. The predicted molar refractivity (Wildman–Crippen MR) is 64.9 cm³/mol. The quantitative estimate of drug-likeness (QED) is 0.740. The van der Waals surface area contributed by atoms with E-state index in [0.717, 1.165) is 12.2 Å². The van der Waals surface area contributed by atoms with Crippen molar-refractivity contribution in [3.05, 3.63) is 29.6 Å². The molecule has 17 heavy (non-hydrogen) atoms. The minimum atomic E-state index is -0.484. The summed E-state index contributed by atoms with van der Waals surface area (Å²) in [7, 11) is 0. The van der Waals surface area contributed by atoms with Gasteiger partial charge in [-0.25, -0.2) is 4.39 Å². The van der Waals surface area contributed by atoms with E-state index in [1.165, 1.54) is 25.0 Å². The minimum Gasteiger partial charge on any atom is -0.360 e. The number of halogens is 1. The Kier molecular flexibility index (Phi) is 3.30. The van der Waals surface area contributed by atoms with Gasteiger partial charge in [0, 0.05) is 12.2 Å². The Morgan fingerprint density at radius 2 is 2.24 bits per heavy atom. The van der Waals surface area contributed by atoms with Gasteiger partial charge in [0.1, 0.15) is 11.9 Å². The van der Waals surface area contributed by atoms with Crippen LogP contribution in [0.15, 0.2) is 18.2 Å². The van der Waals surface area contributed by atoms with Crippen LogP contribution in [0.1, 0.15) is 18.4 Å². The van der Waals surface area contributed by atoms with Gasteiger partial charge in [0.05, 0.1) is 12.1 Å². The molecule has 0 unspecified atom stereocenters. The lowest BCUT2D eigenvalue weighted by Crippen LogP contribution is -2.26. The van der Waals surface area contributed by atoms with Gasteiger partial charge < -0.3 is 4.90 Å². The summed E-state index contributed by atoms with van der Waals surface area (Å²) in [6, 6.07) is 6.45. The number of hydrogen-bond donors (Lipinski definition) is 0. The highest BCUT2D eigenvalue weighted by atomic mass is 19.1. The number of rotatable bonds is 4. The van der Waals surface area contributed by atoms with Crippen molar-refractivity contribution in [2.75, 3.05) is 18.0 Å². The van der Waals surface area contributed by atoms with Crippen molar-refractivity contribution in [3.63, 3.8) is 0 Å². The normalized spacial score (nSPS) is 13.8. The van der Waals surface area contributed by atoms with E-state index in [9.17, 15) is 4.39 Å². The molecule has 0 radical (unpaired) electrons. The third kappa shape index (κ3) is 2.77. The molecule has 2 nitrogen and oxygen atoms in total. The fraction of sp³-hybridized carbons (Fsp3) is 0.357. The fourth-order valence-corrected chi connectivity index (χ4v) is 1.77. The first-order valence-electron chi connectivity index (χ1n) is 5.62. The highest BCUT2D eigenvalue weighted by molar-refractivity contribution is 5.51. The number of hydrogen-bond acceptors (Lipinski definition) is 2. The summed E-state index contributed by atoms with van der Waals surface area (Å²) < 4.78 is 13.5. The summed E-state index contributed by atoms with van der Waals surface area (Å²) in [5.74, 6) is 2.78. The molecule has 1 aromatic rings. The Balaban J connectivity index is 2.20.